The van der Waals surface area contributed by atoms with Crippen molar-refractivity contribution in [3.05, 3.63) is 96.7 Å². The number of anilines is 2. The summed E-state index contributed by atoms with van der Waals surface area (Å²) in [5.41, 5.74) is 1.73. The molecule has 0 radical (unpaired) electrons. The largest absolute Gasteiger partial charge is 0.417 e. The van der Waals surface area contributed by atoms with Crippen LogP contribution in [-0.2, 0) is 19.3 Å². The van der Waals surface area contributed by atoms with Gasteiger partial charge in [-0.05, 0) is 75.2 Å². The van der Waals surface area contributed by atoms with Crippen molar-refractivity contribution in [1.82, 2.24) is 9.97 Å². The highest BCUT2D eigenvalue weighted by molar-refractivity contribution is 7.92. The fourth-order valence-electron chi connectivity index (χ4n) is 5.43. The Hall–Kier alpha value is -4.28. The molecule has 1 N–H and O–H groups in total. The Morgan fingerprint density at radius 2 is 1.52 bits per heavy atom. The smallest absolute Gasteiger partial charge is 0.410 e. The van der Waals surface area contributed by atoms with Gasteiger partial charge in [0, 0.05) is 17.3 Å². The second kappa shape index (κ2) is 11.2. The summed E-state index contributed by atoms with van der Waals surface area (Å²) in [6.07, 6.45) is 0.369. The van der Waals surface area contributed by atoms with Crippen molar-refractivity contribution in [2.24, 2.45) is 0 Å². The Labute approximate surface area is 245 Å². The van der Waals surface area contributed by atoms with E-state index >= 15 is 0 Å². The van der Waals surface area contributed by atoms with Crippen LogP contribution in [0.5, 0.6) is 5.75 Å². The van der Waals surface area contributed by atoms with Gasteiger partial charge in [0.1, 0.15) is 16.3 Å². The third-order valence-corrected chi connectivity index (χ3v) is 10.3. The quantitative estimate of drug-likeness (QED) is 0.289. The molecule has 1 aliphatic heterocycles. The zero-order valence-corrected chi connectivity index (χ0v) is 24.3. The first-order valence-corrected chi connectivity index (χ1v) is 15.4. The molecule has 0 spiro atoms. The van der Waals surface area contributed by atoms with Crippen LogP contribution in [0.25, 0.3) is 11.4 Å². The molecule has 216 valence electrons. The molecular weight excluding hydrogens is 552 g/mol. The highest BCUT2D eigenvalue weighted by Gasteiger charge is 2.58. The van der Waals surface area contributed by atoms with Crippen LogP contribution in [0.3, 0.4) is 0 Å². The van der Waals surface area contributed by atoms with Crippen LogP contribution in [0.2, 0.25) is 0 Å². The fourth-order valence-corrected chi connectivity index (χ4v) is 7.41. The first-order valence-electron chi connectivity index (χ1n) is 14.0. The third kappa shape index (κ3) is 5.35. The number of amides is 1. The maximum Gasteiger partial charge on any atom is 0.417 e. The first-order chi connectivity index (χ1) is 20.3. The van der Waals surface area contributed by atoms with Crippen LogP contribution >= 0.6 is 0 Å². The van der Waals surface area contributed by atoms with Crippen molar-refractivity contribution >= 4 is 27.4 Å². The minimum atomic E-state index is -3.69. The number of nitrogens with zero attached hydrogens (tertiary/aromatic N) is 3. The van der Waals surface area contributed by atoms with Crippen molar-refractivity contribution in [3.63, 3.8) is 0 Å². The van der Waals surface area contributed by atoms with Gasteiger partial charge < -0.3 is 14.4 Å². The van der Waals surface area contributed by atoms with Gasteiger partial charge in [-0.15, -0.1) is 0 Å². The Kier molecular flexibility index (Phi) is 7.42. The van der Waals surface area contributed by atoms with Crippen LogP contribution in [-0.4, -0.2) is 49.8 Å². The van der Waals surface area contributed by atoms with Crippen molar-refractivity contribution in [3.8, 4) is 17.1 Å². The van der Waals surface area contributed by atoms with E-state index < -0.39 is 20.7 Å². The van der Waals surface area contributed by atoms with Crippen LogP contribution in [0.4, 0.5) is 16.3 Å². The van der Waals surface area contributed by atoms with Gasteiger partial charge in [0.25, 0.3) is 0 Å². The summed E-state index contributed by atoms with van der Waals surface area (Å²) < 4.78 is 37.8. The van der Waals surface area contributed by atoms with E-state index in [1.807, 2.05) is 12.1 Å². The number of hydrogen-bond acceptors (Lipinski definition) is 8. The zero-order valence-electron chi connectivity index (χ0n) is 23.4. The van der Waals surface area contributed by atoms with Crippen LogP contribution in [0.1, 0.15) is 32.4 Å². The van der Waals surface area contributed by atoms with E-state index in [1.54, 1.807) is 78.9 Å². The molecule has 2 heterocycles. The molecule has 2 aliphatic rings. The second-order valence-corrected chi connectivity index (χ2v) is 13.1. The molecule has 1 saturated heterocycles. The summed E-state index contributed by atoms with van der Waals surface area (Å²) >= 11 is 0. The number of nitrogens with one attached hydrogen (secondary N) is 1. The number of ether oxygens (including phenoxy) is 2. The topological polar surface area (TPSA) is 111 Å². The number of benzene rings is 3. The maximum atomic E-state index is 13.9. The molecule has 6 rings (SSSR count). The lowest BCUT2D eigenvalue weighted by Crippen LogP contribution is -2.50. The summed E-state index contributed by atoms with van der Waals surface area (Å²) in [5, 5.41) is 2.72. The molecule has 2 unspecified atom stereocenters. The number of aromatic nitrogens is 2. The molecule has 1 aliphatic carbocycles. The number of rotatable bonds is 7. The third-order valence-electron chi connectivity index (χ3n) is 7.73. The lowest BCUT2D eigenvalue weighted by atomic mass is 10.1. The monoisotopic (exact) mass is 584 g/mol. The molecule has 2 fully saturated rings. The number of morpholine rings is 1. The molecule has 10 heteroatoms. The fraction of sp³-hybridized carbons (Fsp3) is 0.281. The predicted molar refractivity (Wildman–Crippen MR) is 160 cm³/mol. The molecule has 0 bridgehead atoms. The number of sulfone groups is 1. The SMILES string of the molecule is CC1COCC(C)N1c1cc(C2(S(=O)(=O)c3ccccc3)CC2)nc(-c2ccc(NC(=O)Oc3ccccc3)cc2)n1. The molecule has 42 heavy (non-hydrogen) atoms. The first kappa shape index (κ1) is 27.9. The highest BCUT2D eigenvalue weighted by atomic mass is 32.2. The molecule has 1 amide bonds. The zero-order chi connectivity index (χ0) is 29.3. The van der Waals surface area contributed by atoms with Gasteiger partial charge in [-0.1, -0.05) is 36.4 Å². The van der Waals surface area contributed by atoms with E-state index in [0.717, 1.165) is 0 Å². The molecule has 9 nitrogen and oxygen atoms in total. The van der Waals surface area contributed by atoms with Crippen LogP contribution in [0, 0.1) is 0 Å². The molecule has 2 atom stereocenters. The van der Waals surface area contributed by atoms with Crippen LogP contribution in [0.15, 0.2) is 95.9 Å². The predicted octanol–water partition coefficient (Wildman–Crippen LogP) is 5.83. The summed E-state index contributed by atoms with van der Waals surface area (Å²) in [6, 6.07) is 26.4. The highest BCUT2D eigenvalue weighted by Crippen LogP contribution is 2.55. The van der Waals surface area contributed by atoms with Gasteiger partial charge in [-0.2, -0.15) is 0 Å². The van der Waals surface area contributed by atoms with Gasteiger partial charge >= 0.3 is 6.09 Å². The molecule has 1 saturated carbocycles. The average molecular weight is 585 g/mol. The number of para-hydroxylation sites is 1. The van der Waals surface area contributed by atoms with E-state index in [2.05, 4.69) is 24.1 Å². The summed E-state index contributed by atoms with van der Waals surface area (Å²) in [6.45, 7) is 5.23. The Morgan fingerprint density at radius 1 is 0.905 bits per heavy atom. The molecule has 3 aromatic carbocycles. The maximum absolute atomic E-state index is 13.9. The van der Waals surface area contributed by atoms with E-state index in [0.29, 0.717) is 60.4 Å². The molecule has 4 aromatic rings. The van der Waals surface area contributed by atoms with Gasteiger partial charge in [0.05, 0.1) is 35.9 Å². The van der Waals surface area contributed by atoms with E-state index in [9.17, 15) is 13.2 Å². The van der Waals surface area contributed by atoms with E-state index in [4.69, 9.17) is 19.4 Å². The number of carbonyl (C=O) groups excluding carboxylic acids is 1. The summed E-state index contributed by atoms with van der Waals surface area (Å²) in [5.74, 6) is 1.53. The van der Waals surface area contributed by atoms with Crippen molar-refractivity contribution in [2.75, 3.05) is 23.4 Å². The van der Waals surface area contributed by atoms with Crippen molar-refractivity contribution in [1.29, 1.82) is 0 Å². The minimum absolute atomic E-state index is 0.0486. The number of carbonyl (C=O) groups is 1. The molecular formula is C32H32N4O5S. The standard InChI is InChI=1S/C32H32N4O5S/c1-22-20-40-21-23(2)36(22)29-19-28(32(17-18-32)42(38,39)27-11-7-4-8-12-27)34-30(35-29)24-13-15-25(16-14-24)33-31(37)41-26-9-5-3-6-10-26/h3-16,19,22-23H,17-18,20-21H2,1-2H3,(H,33,37). The molecule has 1 aromatic heterocycles. The summed E-state index contributed by atoms with van der Waals surface area (Å²) in [4.78, 5) is 24.6. The van der Waals surface area contributed by atoms with Crippen molar-refractivity contribution in [2.45, 2.75) is 48.4 Å². The minimum Gasteiger partial charge on any atom is -0.410 e. The van der Waals surface area contributed by atoms with Gasteiger partial charge in [-0.3, -0.25) is 5.32 Å². The van der Waals surface area contributed by atoms with Crippen molar-refractivity contribution < 1.29 is 22.7 Å². The Bertz CT molecular complexity index is 1670. The number of hydrogen-bond donors (Lipinski definition) is 1. The van der Waals surface area contributed by atoms with Gasteiger partial charge in [-0.25, -0.2) is 23.2 Å². The normalized spacial score (nSPS) is 19.6. The Morgan fingerprint density at radius 3 is 2.14 bits per heavy atom. The van der Waals surface area contributed by atoms with E-state index in [1.165, 1.54) is 0 Å². The lowest BCUT2D eigenvalue weighted by molar-refractivity contribution is 0.0752. The second-order valence-electron chi connectivity index (χ2n) is 10.8. The lowest BCUT2D eigenvalue weighted by Gasteiger charge is -2.40. The van der Waals surface area contributed by atoms with Gasteiger partial charge in [0.15, 0.2) is 15.7 Å². The average Bonchev–Trinajstić information content (AvgIpc) is 3.81. The van der Waals surface area contributed by atoms with Crippen LogP contribution < -0.4 is 15.0 Å². The van der Waals surface area contributed by atoms with E-state index in [-0.39, 0.29) is 17.0 Å². The Balaban J connectivity index is 1.35. The van der Waals surface area contributed by atoms with Gasteiger partial charge in [0.2, 0.25) is 0 Å². The summed E-state index contributed by atoms with van der Waals surface area (Å²) in [7, 11) is -3.69.